The van der Waals surface area contributed by atoms with Gasteiger partial charge in [0.1, 0.15) is 24.8 Å². The quantitative estimate of drug-likeness (QED) is 0.393. The zero-order chi connectivity index (χ0) is 28.8. The van der Waals surface area contributed by atoms with E-state index < -0.39 is 6.10 Å². The maximum Gasteiger partial charge on any atom is 0.395 e. The summed E-state index contributed by atoms with van der Waals surface area (Å²) in [5, 5.41) is 23.8. The highest BCUT2D eigenvalue weighted by Crippen LogP contribution is 2.43. The molecule has 0 spiro atoms. The van der Waals surface area contributed by atoms with Gasteiger partial charge in [0.25, 0.3) is 0 Å². The van der Waals surface area contributed by atoms with Gasteiger partial charge in [-0.2, -0.15) is 5.10 Å². The monoisotopic (exact) mass is 584 g/mol. The van der Waals surface area contributed by atoms with Crippen molar-refractivity contribution in [3.05, 3.63) is 82.6 Å². The van der Waals surface area contributed by atoms with E-state index in [0.717, 1.165) is 65.7 Å². The minimum atomic E-state index is -0.605. The molecule has 3 aromatic rings. The van der Waals surface area contributed by atoms with Gasteiger partial charge in [0.2, 0.25) is 5.71 Å². The zero-order valence-electron chi connectivity index (χ0n) is 23.7. The molecule has 0 radical (unpaired) electrons. The molecule has 0 bridgehead atoms. The van der Waals surface area contributed by atoms with Gasteiger partial charge in [0, 0.05) is 42.5 Å². The number of anilines is 1. The summed E-state index contributed by atoms with van der Waals surface area (Å²) in [7, 11) is 0. The molecule has 1 saturated heterocycles. The highest BCUT2D eigenvalue weighted by molar-refractivity contribution is 6.71. The van der Waals surface area contributed by atoms with Crippen molar-refractivity contribution in [2.75, 3.05) is 18.2 Å². The Hall–Kier alpha value is -3.43. The SMILES string of the molecule is Cc1ccc(-c2ccc(CN3N=C4C(=O)[N+](C5CCCOC5)([C@@H]5CCCC[C@H]5O)N=C4c4cccc(Cl)c43)cc2)cn1. The van der Waals surface area contributed by atoms with Crippen LogP contribution in [0.3, 0.4) is 0 Å². The van der Waals surface area contributed by atoms with Crippen LogP contribution in [-0.4, -0.2) is 63.4 Å². The minimum Gasteiger partial charge on any atom is -0.387 e. The molecular weight excluding hydrogens is 550 g/mol. The molecule has 4 atom stereocenters. The third-order valence-electron chi connectivity index (χ3n) is 9.16. The van der Waals surface area contributed by atoms with E-state index in [4.69, 9.17) is 26.5 Å². The Labute approximate surface area is 250 Å². The molecule has 1 aliphatic carbocycles. The Bertz CT molecular complexity index is 1570. The number of para-hydroxylation sites is 1. The predicted molar refractivity (Wildman–Crippen MR) is 163 cm³/mol. The number of aromatic nitrogens is 1. The lowest BCUT2D eigenvalue weighted by Crippen LogP contribution is -2.66. The first-order valence-electron chi connectivity index (χ1n) is 14.9. The van der Waals surface area contributed by atoms with E-state index in [1.54, 1.807) is 0 Å². The fourth-order valence-electron chi connectivity index (χ4n) is 7.00. The molecule has 4 aliphatic rings. The van der Waals surface area contributed by atoms with Crippen molar-refractivity contribution in [3.63, 3.8) is 0 Å². The van der Waals surface area contributed by atoms with Crippen LogP contribution in [0.15, 0.2) is 71.0 Å². The Kier molecular flexibility index (Phi) is 7.18. The maximum absolute atomic E-state index is 14.6. The number of aryl methyl sites for hydroxylation is 1. The van der Waals surface area contributed by atoms with E-state index >= 15 is 0 Å². The highest BCUT2D eigenvalue weighted by Gasteiger charge is 2.62. The number of carbonyl (C=O) groups excluding carboxylic acids is 1. The number of nitrogens with zero attached hydrogens (tertiary/aromatic N) is 5. The molecule has 7 rings (SSSR count). The zero-order valence-corrected chi connectivity index (χ0v) is 24.5. The maximum atomic E-state index is 14.6. The van der Waals surface area contributed by atoms with Crippen molar-refractivity contribution in [1.82, 2.24) is 4.98 Å². The van der Waals surface area contributed by atoms with Crippen molar-refractivity contribution in [2.45, 2.75) is 70.2 Å². The summed E-state index contributed by atoms with van der Waals surface area (Å²) in [6.45, 7) is 3.53. The topological polar surface area (TPSA) is 87.4 Å². The van der Waals surface area contributed by atoms with Crippen molar-refractivity contribution < 1.29 is 19.2 Å². The molecule has 3 aliphatic heterocycles. The van der Waals surface area contributed by atoms with Crippen molar-refractivity contribution in [1.29, 1.82) is 0 Å². The molecule has 42 heavy (non-hydrogen) atoms. The second-order valence-corrected chi connectivity index (χ2v) is 12.2. The summed E-state index contributed by atoms with van der Waals surface area (Å²) >= 11 is 6.82. The van der Waals surface area contributed by atoms with E-state index in [9.17, 15) is 9.90 Å². The van der Waals surface area contributed by atoms with Crippen LogP contribution >= 0.6 is 11.6 Å². The molecule has 9 heteroatoms. The number of hydrogen-bond acceptors (Lipinski definition) is 7. The van der Waals surface area contributed by atoms with Gasteiger partial charge in [-0.05, 0) is 49.4 Å². The molecule has 1 aromatic heterocycles. The lowest BCUT2D eigenvalue weighted by Gasteiger charge is -2.44. The van der Waals surface area contributed by atoms with E-state index in [0.29, 0.717) is 42.6 Å². The summed E-state index contributed by atoms with van der Waals surface area (Å²) in [6, 6.07) is 17.6. The summed E-state index contributed by atoms with van der Waals surface area (Å²) < 4.78 is 5.73. The number of carbonyl (C=O) groups is 1. The summed E-state index contributed by atoms with van der Waals surface area (Å²) in [5.41, 5.74) is 6.60. The van der Waals surface area contributed by atoms with Crippen LogP contribution in [0.5, 0.6) is 0 Å². The molecule has 1 N–H and O–H groups in total. The van der Waals surface area contributed by atoms with E-state index in [2.05, 4.69) is 35.3 Å². The Morgan fingerprint density at radius 2 is 1.81 bits per heavy atom. The van der Waals surface area contributed by atoms with Crippen LogP contribution in [0.4, 0.5) is 5.69 Å². The largest absolute Gasteiger partial charge is 0.395 e. The molecule has 4 heterocycles. The fourth-order valence-corrected chi connectivity index (χ4v) is 7.27. The van der Waals surface area contributed by atoms with E-state index in [-0.39, 0.29) is 22.6 Å². The van der Waals surface area contributed by atoms with Crippen LogP contribution in [0.25, 0.3) is 11.1 Å². The normalized spacial score (nSPS) is 27.3. The molecule has 2 fully saturated rings. The van der Waals surface area contributed by atoms with Crippen LogP contribution in [0.2, 0.25) is 5.02 Å². The molecule has 1 amide bonds. The molecule has 1 saturated carbocycles. The van der Waals surface area contributed by atoms with Gasteiger partial charge in [-0.1, -0.05) is 65.6 Å². The van der Waals surface area contributed by atoms with Crippen molar-refractivity contribution in [3.8, 4) is 11.1 Å². The number of amides is 1. The van der Waals surface area contributed by atoms with Gasteiger partial charge < -0.3 is 9.84 Å². The predicted octanol–water partition coefficient (Wildman–Crippen LogP) is 5.63. The van der Waals surface area contributed by atoms with Gasteiger partial charge in [-0.15, -0.1) is 4.59 Å². The highest BCUT2D eigenvalue weighted by atomic mass is 35.5. The number of hydrogen-bond donors (Lipinski definition) is 1. The van der Waals surface area contributed by atoms with Gasteiger partial charge in [0.05, 0.1) is 17.3 Å². The lowest BCUT2D eigenvalue weighted by atomic mass is 9.88. The molecule has 2 aromatic carbocycles. The lowest BCUT2D eigenvalue weighted by molar-refractivity contribution is -0.911. The van der Waals surface area contributed by atoms with Crippen LogP contribution in [0, 0.1) is 6.92 Å². The number of benzene rings is 2. The number of aliphatic hydroxyl groups excluding tert-OH is 1. The first kappa shape index (κ1) is 27.4. The summed E-state index contributed by atoms with van der Waals surface area (Å²) in [4.78, 5) is 19.0. The number of ether oxygens (including phenoxy) is 1. The van der Waals surface area contributed by atoms with Crippen LogP contribution in [0.1, 0.15) is 55.3 Å². The standard InChI is InChI=1S/C33H35ClN5O3/c1-21-11-14-24(18-35-21)23-15-12-22(13-16-23)19-38-32-26(7-4-8-27(32)34)30-31(36-38)33(41)39(37-30,25-6-5-17-42-20-25)28-9-2-3-10-29(28)40/h4,7-8,11-16,18,25,28-29,40H,2-3,5-6,9-10,17,19-20H2,1H3/q+1/t25?,28-,29-,39?/m1/s1. The van der Waals surface area contributed by atoms with Gasteiger partial charge in [0.15, 0.2) is 5.71 Å². The van der Waals surface area contributed by atoms with E-state index in [1.165, 1.54) is 0 Å². The smallest absolute Gasteiger partial charge is 0.387 e. The number of hydrazone groups is 1. The third kappa shape index (κ3) is 4.57. The second kappa shape index (κ2) is 11.0. The van der Waals surface area contributed by atoms with Crippen LogP contribution in [-0.2, 0) is 16.1 Å². The number of aliphatic hydroxyl groups is 1. The number of rotatable bonds is 5. The average molecular weight is 585 g/mol. The Morgan fingerprint density at radius 1 is 1.00 bits per heavy atom. The molecule has 216 valence electrons. The third-order valence-corrected chi connectivity index (χ3v) is 9.47. The molecule has 8 nitrogen and oxygen atoms in total. The van der Waals surface area contributed by atoms with E-state index in [1.807, 2.05) is 42.4 Å². The number of fused-ring (bicyclic) bond motifs is 3. The second-order valence-electron chi connectivity index (χ2n) is 11.8. The number of pyridine rings is 1. The van der Waals surface area contributed by atoms with Crippen molar-refractivity contribution >= 4 is 34.6 Å². The van der Waals surface area contributed by atoms with Gasteiger partial charge in [-0.25, -0.2) is 4.79 Å². The molecular formula is C33H35ClN5O3+. The minimum absolute atomic E-state index is 0.149. The van der Waals surface area contributed by atoms with Crippen molar-refractivity contribution in [2.24, 2.45) is 10.2 Å². The summed E-state index contributed by atoms with van der Waals surface area (Å²) in [5.74, 6) is -0.149. The first-order valence-corrected chi connectivity index (χ1v) is 15.3. The van der Waals surface area contributed by atoms with Gasteiger partial charge in [-0.3, -0.25) is 9.99 Å². The Morgan fingerprint density at radius 3 is 2.55 bits per heavy atom. The average Bonchev–Trinajstić information content (AvgIpc) is 3.31. The molecule has 2 unspecified atom stereocenters. The number of quaternary nitrogens is 1. The Balaban J connectivity index is 1.28. The van der Waals surface area contributed by atoms with Crippen LogP contribution < -0.4 is 5.01 Å². The number of halogens is 1. The van der Waals surface area contributed by atoms with Gasteiger partial charge >= 0.3 is 5.91 Å². The first-order chi connectivity index (χ1) is 20.5. The fraction of sp³-hybridized carbons (Fsp3) is 0.394. The summed E-state index contributed by atoms with van der Waals surface area (Å²) in [6.07, 6.45) is 6.28.